The Bertz CT molecular complexity index is 312. The van der Waals surface area contributed by atoms with Crippen LogP contribution in [-0.4, -0.2) is 32.3 Å². The van der Waals surface area contributed by atoms with Gasteiger partial charge in [-0.2, -0.15) is 0 Å². The van der Waals surface area contributed by atoms with E-state index in [-0.39, 0.29) is 12.7 Å². The molecule has 1 N–H and O–H groups in total. The first-order valence-electron chi connectivity index (χ1n) is 7.04. The quantitative estimate of drug-likeness (QED) is 0.758. The van der Waals surface area contributed by atoms with Gasteiger partial charge >= 0.3 is 7.12 Å². The van der Waals surface area contributed by atoms with Gasteiger partial charge in [-0.15, -0.1) is 0 Å². The summed E-state index contributed by atoms with van der Waals surface area (Å²) < 4.78 is 12.3. The van der Waals surface area contributed by atoms with Gasteiger partial charge in [-0.05, 0) is 50.5 Å². The summed E-state index contributed by atoms with van der Waals surface area (Å²) in [4.78, 5) is 0. The molecule has 0 spiro atoms. The van der Waals surface area contributed by atoms with Crippen LogP contribution >= 0.6 is 0 Å². The Kier molecular flexibility index (Phi) is 2.80. The highest BCUT2D eigenvalue weighted by Gasteiger charge is 2.64. The molecular weight excluding hydrogens is 213 g/mol. The van der Waals surface area contributed by atoms with Gasteiger partial charge in [0.1, 0.15) is 0 Å². The SMILES string of the molecule is CNCB1O[C@@H]2CC3CC(C3C(C)C)[C@]2(C)O1. The molecule has 0 aromatic heterocycles. The van der Waals surface area contributed by atoms with Gasteiger partial charge in [0, 0.05) is 6.44 Å². The maximum Gasteiger partial charge on any atom is 0.472 e. The van der Waals surface area contributed by atoms with E-state index in [1.54, 1.807) is 0 Å². The molecule has 3 unspecified atom stereocenters. The molecule has 4 fully saturated rings. The maximum atomic E-state index is 6.24. The van der Waals surface area contributed by atoms with Crippen LogP contribution in [-0.2, 0) is 9.31 Å². The molecule has 0 amide bonds. The van der Waals surface area contributed by atoms with Crippen molar-refractivity contribution in [3.63, 3.8) is 0 Å². The lowest BCUT2D eigenvalue weighted by Crippen LogP contribution is -2.62. The second-order valence-corrected chi connectivity index (χ2v) is 6.57. The van der Waals surface area contributed by atoms with Crippen LogP contribution in [0.5, 0.6) is 0 Å². The summed E-state index contributed by atoms with van der Waals surface area (Å²) in [7, 11) is 1.91. The first-order valence-corrected chi connectivity index (χ1v) is 7.04. The summed E-state index contributed by atoms with van der Waals surface area (Å²) in [6.07, 6.45) is 3.69. The summed E-state index contributed by atoms with van der Waals surface area (Å²) in [5, 5.41) is 3.15. The number of hydrogen-bond donors (Lipinski definition) is 1. The fourth-order valence-electron chi connectivity index (χ4n) is 4.50. The van der Waals surface area contributed by atoms with Crippen molar-refractivity contribution < 1.29 is 9.31 Å². The Balaban J connectivity index is 1.77. The highest BCUT2D eigenvalue weighted by atomic mass is 16.7. The second kappa shape index (κ2) is 3.97. The summed E-state index contributed by atoms with van der Waals surface area (Å²) in [5.41, 5.74) is -0.0226. The van der Waals surface area contributed by atoms with Gasteiger partial charge in [0.15, 0.2) is 0 Å². The molecule has 1 aliphatic heterocycles. The normalized spacial score (nSPS) is 48.2. The predicted molar refractivity (Wildman–Crippen MR) is 68.6 cm³/mol. The maximum absolute atomic E-state index is 6.24. The van der Waals surface area contributed by atoms with Crippen molar-refractivity contribution in [2.45, 2.75) is 45.3 Å². The molecule has 3 aliphatic carbocycles. The van der Waals surface area contributed by atoms with E-state index in [1.165, 1.54) is 12.8 Å². The van der Waals surface area contributed by atoms with Gasteiger partial charge in [-0.3, -0.25) is 0 Å². The van der Waals surface area contributed by atoms with Gasteiger partial charge in [0.05, 0.1) is 11.7 Å². The smallest absolute Gasteiger partial charge is 0.405 e. The van der Waals surface area contributed by atoms with Crippen LogP contribution in [0.1, 0.15) is 33.6 Å². The fourth-order valence-corrected chi connectivity index (χ4v) is 4.50. The molecule has 4 rings (SSSR count). The zero-order chi connectivity index (χ0) is 12.2. The van der Waals surface area contributed by atoms with Crippen molar-refractivity contribution >= 4 is 7.12 Å². The van der Waals surface area contributed by atoms with Crippen LogP contribution in [0.4, 0.5) is 0 Å². The van der Waals surface area contributed by atoms with Crippen molar-refractivity contribution in [1.29, 1.82) is 0 Å². The van der Waals surface area contributed by atoms with Crippen molar-refractivity contribution in [1.82, 2.24) is 5.32 Å². The lowest BCUT2D eigenvalue weighted by molar-refractivity contribution is -0.170. The van der Waals surface area contributed by atoms with E-state index in [4.69, 9.17) is 9.31 Å². The van der Waals surface area contributed by atoms with E-state index < -0.39 is 0 Å². The van der Waals surface area contributed by atoms with Gasteiger partial charge in [0.25, 0.3) is 0 Å². The van der Waals surface area contributed by atoms with Gasteiger partial charge in [0.2, 0.25) is 0 Å². The van der Waals surface area contributed by atoms with E-state index in [0.717, 1.165) is 24.2 Å². The third-order valence-electron chi connectivity index (χ3n) is 5.30. The predicted octanol–water partition coefficient (Wildman–Crippen LogP) is 1.72. The topological polar surface area (TPSA) is 30.5 Å². The molecule has 0 radical (unpaired) electrons. The van der Waals surface area contributed by atoms with E-state index in [0.29, 0.717) is 12.0 Å². The van der Waals surface area contributed by atoms with Crippen LogP contribution in [0.25, 0.3) is 0 Å². The minimum atomic E-state index is -0.0397. The molecule has 0 aromatic carbocycles. The Morgan fingerprint density at radius 2 is 2.18 bits per heavy atom. The van der Waals surface area contributed by atoms with Gasteiger partial charge in [-0.1, -0.05) is 13.8 Å². The minimum absolute atomic E-state index is 0.0226. The summed E-state index contributed by atoms with van der Waals surface area (Å²) in [6, 6.07) is 0. The number of nitrogens with one attached hydrogen (secondary N) is 1. The third-order valence-corrected chi connectivity index (χ3v) is 5.30. The number of rotatable bonds is 3. The molecule has 5 atom stereocenters. The molecule has 3 nitrogen and oxygen atoms in total. The van der Waals surface area contributed by atoms with E-state index >= 15 is 0 Å². The average Bonchev–Trinajstić information content (AvgIpc) is 2.52. The molecule has 96 valence electrons. The molecular formula is C13H24BNO2. The molecule has 4 heteroatoms. The summed E-state index contributed by atoms with van der Waals surface area (Å²) >= 11 is 0. The molecule has 1 saturated heterocycles. The Morgan fingerprint density at radius 3 is 2.82 bits per heavy atom. The standard InChI is InChI=1S/C13H24BNO2/c1-8(2)12-9-5-10(12)13(3)11(6-9)16-14(17-13)7-15-4/h8-12,15H,5-7H2,1-4H3/t9?,10?,11-,12?,13+/m1/s1. The summed E-state index contributed by atoms with van der Waals surface area (Å²) in [5.74, 6) is 3.24. The fraction of sp³-hybridized carbons (Fsp3) is 1.00. The Hall–Kier alpha value is -0.0551. The largest absolute Gasteiger partial charge is 0.472 e. The van der Waals surface area contributed by atoms with E-state index in [9.17, 15) is 0 Å². The third kappa shape index (κ3) is 1.61. The van der Waals surface area contributed by atoms with Crippen LogP contribution in [0.15, 0.2) is 0 Å². The summed E-state index contributed by atoms with van der Waals surface area (Å²) in [6.45, 7) is 6.99. The van der Waals surface area contributed by atoms with Crippen molar-refractivity contribution in [3.05, 3.63) is 0 Å². The lowest BCUT2D eigenvalue weighted by Gasteiger charge is -2.60. The van der Waals surface area contributed by atoms with Crippen molar-refractivity contribution in [2.24, 2.45) is 23.7 Å². The lowest BCUT2D eigenvalue weighted by atomic mass is 9.48. The molecule has 4 aliphatic rings. The molecule has 17 heavy (non-hydrogen) atoms. The molecule has 1 heterocycles. The van der Waals surface area contributed by atoms with Gasteiger partial charge in [-0.25, -0.2) is 0 Å². The van der Waals surface area contributed by atoms with Crippen molar-refractivity contribution in [3.8, 4) is 0 Å². The highest BCUT2D eigenvalue weighted by Crippen LogP contribution is 2.61. The Labute approximate surface area is 105 Å². The van der Waals surface area contributed by atoms with Crippen molar-refractivity contribution in [2.75, 3.05) is 13.5 Å². The first kappa shape index (κ1) is 12.0. The number of hydrogen-bond acceptors (Lipinski definition) is 3. The molecule has 2 bridgehead atoms. The van der Waals surface area contributed by atoms with E-state index in [1.807, 2.05) is 7.05 Å². The van der Waals surface area contributed by atoms with Gasteiger partial charge < -0.3 is 14.6 Å². The average molecular weight is 237 g/mol. The van der Waals surface area contributed by atoms with Crippen LogP contribution in [0, 0.1) is 23.7 Å². The van der Waals surface area contributed by atoms with Crippen LogP contribution in [0.3, 0.4) is 0 Å². The van der Waals surface area contributed by atoms with Crippen LogP contribution < -0.4 is 5.32 Å². The first-order chi connectivity index (χ1) is 8.06. The second-order valence-electron chi connectivity index (χ2n) is 6.57. The Morgan fingerprint density at radius 1 is 1.41 bits per heavy atom. The zero-order valence-corrected chi connectivity index (χ0v) is 11.4. The van der Waals surface area contributed by atoms with Crippen LogP contribution in [0.2, 0.25) is 0 Å². The highest BCUT2D eigenvalue weighted by molar-refractivity contribution is 6.45. The molecule has 3 saturated carbocycles. The monoisotopic (exact) mass is 237 g/mol. The van der Waals surface area contributed by atoms with E-state index in [2.05, 4.69) is 26.1 Å². The minimum Gasteiger partial charge on any atom is -0.405 e. The zero-order valence-electron chi connectivity index (χ0n) is 11.4. The molecule has 0 aromatic rings.